The number of fused-ring (bicyclic) bond motifs is 3. The van der Waals surface area contributed by atoms with E-state index in [1.807, 2.05) is 46.1 Å². The summed E-state index contributed by atoms with van der Waals surface area (Å²) in [5.74, 6) is -0.393. The minimum absolute atomic E-state index is 0.0224. The van der Waals surface area contributed by atoms with E-state index in [-0.39, 0.29) is 17.4 Å². The van der Waals surface area contributed by atoms with E-state index in [1.165, 1.54) is 0 Å². The molecule has 162 valence electrons. The maximum Gasteiger partial charge on any atom is 0.342 e. The van der Waals surface area contributed by atoms with Gasteiger partial charge < -0.3 is 19.5 Å². The van der Waals surface area contributed by atoms with Crippen LogP contribution in [0.3, 0.4) is 0 Å². The topological polar surface area (TPSA) is 65.6 Å². The number of amides is 1. The van der Waals surface area contributed by atoms with Crippen molar-refractivity contribution in [2.45, 2.75) is 52.1 Å². The second-order valence-electron chi connectivity index (χ2n) is 9.23. The van der Waals surface area contributed by atoms with E-state index < -0.39 is 5.97 Å². The smallest absolute Gasteiger partial charge is 0.342 e. The Balaban J connectivity index is 2.07. The Hall–Kier alpha value is -2.60. The van der Waals surface area contributed by atoms with Gasteiger partial charge in [-0.2, -0.15) is 0 Å². The van der Waals surface area contributed by atoms with Crippen LogP contribution < -0.4 is 0 Å². The molecule has 0 bridgehead atoms. The normalized spacial score (nSPS) is 15.9. The first-order valence-corrected chi connectivity index (χ1v) is 10.6. The Labute approximate surface area is 178 Å². The van der Waals surface area contributed by atoms with Gasteiger partial charge in [0.2, 0.25) is 5.91 Å². The van der Waals surface area contributed by atoms with E-state index in [4.69, 9.17) is 4.74 Å². The molecule has 3 rings (SSSR count). The van der Waals surface area contributed by atoms with Crippen LogP contribution in [0.15, 0.2) is 30.5 Å². The van der Waals surface area contributed by atoms with Crippen LogP contribution in [-0.4, -0.2) is 59.9 Å². The molecule has 1 aliphatic rings. The van der Waals surface area contributed by atoms with Crippen LogP contribution >= 0.6 is 0 Å². The molecule has 0 atom stereocenters. The van der Waals surface area contributed by atoms with Crippen molar-refractivity contribution in [3.8, 4) is 0 Å². The van der Waals surface area contributed by atoms with Gasteiger partial charge in [-0.15, -0.1) is 0 Å². The number of hydrogen-bond acceptors (Lipinski definition) is 4. The Morgan fingerprint density at radius 3 is 2.60 bits per heavy atom. The number of ether oxygens (including phenoxy) is 1. The SMILES string of the molecule is CC(C)OC(=O)C1=CN(C(=O)CCCN(C)C)CC(C)(C)c2c1[nH]c1ccccc21. The molecule has 0 fully saturated rings. The van der Waals surface area contributed by atoms with Gasteiger partial charge in [-0.3, -0.25) is 4.79 Å². The predicted molar refractivity (Wildman–Crippen MR) is 120 cm³/mol. The van der Waals surface area contributed by atoms with Crippen molar-refractivity contribution in [3.63, 3.8) is 0 Å². The number of hydrogen-bond donors (Lipinski definition) is 1. The molecule has 0 saturated heterocycles. The van der Waals surface area contributed by atoms with Gasteiger partial charge in [0.1, 0.15) is 0 Å². The van der Waals surface area contributed by atoms with Gasteiger partial charge in [0.25, 0.3) is 0 Å². The summed E-state index contributed by atoms with van der Waals surface area (Å²) < 4.78 is 5.54. The van der Waals surface area contributed by atoms with Crippen molar-refractivity contribution in [2.24, 2.45) is 0 Å². The molecular weight excluding hydrogens is 378 g/mol. The molecule has 1 aromatic heterocycles. The van der Waals surface area contributed by atoms with Crippen molar-refractivity contribution >= 4 is 28.4 Å². The first-order valence-electron chi connectivity index (χ1n) is 10.6. The van der Waals surface area contributed by atoms with Crippen LogP contribution in [-0.2, 0) is 19.7 Å². The average molecular weight is 412 g/mol. The van der Waals surface area contributed by atoms with Crippen LogP contribution in [0.5, 0.6) is 0 Å². The number of nitrogens with zero attached hydrogens (tertiary/aromatic N) is 2. The maximum absolute atomic E-state index is 13.0. The summed E-state index contributed by atoms with van der Waals surface area (Å²) in [6.45, 7) is 9.25. The highest BCUT2D eigenvalue weighted by Gasteiger charge is 2.37. The zero-order chi connectivity index (χ0) is 22.1. The molecule has 6 heteroatoms. The molecule has 0 radical (unpaired) electrons. The minimum atomic E-state index is -0.415. The highest BCUT2D eigenvalue weighted by molar-refractivity contribution is 6.18. The highest BCUT2D eigenvalue weighted by atomic mass is 16.5. The van der Waals surface area contributed by atoms with Gasteiger partial charge in [-0.1, -0.05) is 32.0 Å². The lowest BCUT2D eigenvalue weighted by Gasteiger charge is -2.29. The van der Waals surface area contributed by atoms with E-state index in [2.05, 4.69) is 29.8 Å². The fourth-order valence-corrected chi connectivity index (χ4v) is 4.10. The molecule has 1 aliphatic heterocycles. The fraction of sp³-hybridized carbons (Fsp3) is 0.500. The molecule has 6 nitrogen and oxygen atoms in total. The lowest BCUT2D eigenvalue weighted by Crippen LogP contribution is -2.37. The molecule has 0 spiro atoms. The van der Waals surface area contributed by atoms with Gasteiger partial charge in [0.15, 0.2) is 0 Å². The Morgan fingerprint density at radius 2 is 1.93 bits per heavy atom. The molecular formula is C24H33N3O3. The van der Waals surface area contributed by atoms with E-state index >= 15 is 0 Å². The second kappa shape index (κ2) is 8.64. The summed E-state index contributed by atoms with van der Waals surface area (Å²) in [6.07, 6.45) is 2.65. The van der Waals surface area contributed by atoms with E-state index in [0.717, 1.165) is 35.1 Å². The van der Waals surface area contributed by atoms with Gasteiger partial charge in [-0.05, 0) is 52.5 Å². The maximum atomic E-state index is 13.0. The highest BCUT2D eigenvalue weighted by Crippen LogP contribution is 2.40. The first kappa shape index (κ1) is 22.1. The first-order chi connectivity index (χ1) is 14.1. The Bertz CT molecular complexity index is 969. The van der Waals surface area contributed by atoms with Crippen LogP contribution in [0.1, 0.15) is 51.8 Å². The van der Waals surface area contributed by atoms with Gasteiger partial charge in [0, 0.05) is 35.5 Å². The number of H-pyrrole nitrogens is 1. The van der Waals surface area contributed by atoms with Crippen molar-refractivity contribution in [2.75, 3.05) is 27.2 Å². The monoisotopic (exact) mass is 411 g/mol. The lowest BCUT2D eigenvalue weighted by atomic mass is 9.81. The predicted octanol–water partition coefficient (Wildman–Crippen LogP) is 3.92. The minimum Gasteiger partial charge on any atom is -0.459 e. The standard InChI is InChI=1S/C24H33N3O3/c1-16(2)30-23(29)18-14-27(20(28)12-9-13-26(5)6)15-24(3,4)21-17-10-7-8-11-19(17)25-22(18)21/h7-8,10-11,14,16,25H,9,12-13,15H2,1-6H3. The number of benzene rings is 1. The molecule has 0 aliphatic carbocycles. The molecule has 1 aromatic carbocycles. The van der Waals surface area contributed by atoms with E-state index in [9.17, 15) is 9.59 Å². The summed E-state index contributed by atoms with van der Waals surface area (Å²) in [4.78, 5) is 33.3. The molecule has 2 heterocycles. The van der Waals surface area contributed by atoms with Gasteiger partial charge in [0.05, 0.1) is 17.4 Å². The quantitative estimate of drug-likeness (QED) is 0.732. The third-order valence-corrected chi connectivity index (χ3v) is 5.38. The fourth-order valence-electron chi connectivity index (χ4n) is 4.10. The van der Waals surface area contributed by atoms with Crippen molar-refractivity contribution in [1.82, 2.24) is 14.8 Å². The number of rotatable bonds is 6. The zero-order valence-corrected chi connectivity index (χ0v) is 18.9. The van der Waals surface area contributed by atoms with Crippen LogP contribution in [0, 0.1) is 0 Å². The number of carbonyl (C=O) groups excluding carboxylic acids is 2. The molecule has 30 heavy (non-hydrogen) atoms. The molecule has 2 aromatic rings. The van der Waals surface area contributed by atoms with Gasteiger partial charge >= 0.3 is 5.97 Å². The summed E-state index contributed by atoms with van der Waals surface area (Å²) >= 11 is 0. The van der Waals surface area contributed by atoms with Crippen molar-refractivity contribution in [1.29, 1.82) is 0 Å². The molecule has 1 amide bonds. The number of esters is 1. The third-order valence-electron chi connectivity index (χ3n) is 5.38. The molecule has 0 unspecified atom stereocenters. The third kappa shape index (κ3) is 4.59. The number of para-hydroxylation sites is 1. The number of aromatic nitrogens is 1. The summed E-state index contributed by atoms with van der Waals surface area (Å²) in [5, 5.41) is 1.07. The van der Waals surface area contributed by atoms with Crippen LogP contribution in [0.25, 0.3) is 16.5 Å². The number of nitrogens with one attached hydrogen (secondary N) is 1. The van der Waals surface area contributed by atoms with E-state index in [1.54, 1.807) is 11.1 Å². The number of carbonyl (C=O) groups is 2. The lowest BCUT2D eigenvalue weighted by molar-refractivity contribution is -0.140. The molecule has 0 saturated carbocycles. The van der Waals surface area contributed by atoms with Crippen molar-refractivity contribution < 1.29 is 14.3 Å². The Morgan fingerprint density at radius 1 is 1.23 bits per heavy atom. The summed E-state index contributed by atoms with van der Waals surface area (Å²) in [6, 6.07) is 8.04. The number of aromatic amines is 1. The summed E-state index contributed by atoms with van der Waals surface area (Å²) in [5.41, 5.74) is 2.83. The van der Waals surface area contributed by atoms with E-state index in [0.29, 0.717) is 18.5 Å². The summed E-state index contributed by atoms with van der Waals surface area (Å²) in [7, 11) is 3.99. The van der Waals surface area contributed by atoms with Gasteiger partial charge in [-0.25, -0.2) is 4.79 Å². The van der Waals surface area contributed by atoms with Crippen molar-refractivity contribution in [3.05, 3.63) is 41.7 Å². The van der Waals surface area contributed by atoms with Crippen LogP contribution in [0.2, 0.25) is 0 Å². The average Bonchev–Trinajstić information content (AvgIpc) is 2.98. The largest absolute Gasteiger partial charge is 0.459 e. The Kier molecular flexibility index (Phi) is 6.36. The zero-order valence-electron chi connectivity index (χ0n) is 18.9. The second-order valence-corrected chi connectivity index (χ2v) is 9.23. The molecule has 1 N–H and O–H groups in total. The van der Waals surface area contributed by atoms with Crippen LogP contribution in [0.4, 0.5) is 0 Å².